The number of hydrogen-bond donors (Lipinski definition) is 2. The Hall–Kier alpha value is -3.05. The number of nitrogens with one attached hydrogen (secondary N) is 2. The van der Waals surface area contributed by atoms with Gasteiger partial charge in [0, 0.05) is 18.3 Å². The molecule has 3 aromatic heterocycles. The van der Waals surface area contributed by atoms with Crippen molar-refractivity contribution in [1.29, 1.82) is 0 Å². The van der Waals surface area contributed by atoms with Gasteiger partial charge in [-0.15, -0.1) is 0 Å². The van der Waals surface area contributed by atoms with Gasteiger partial charge in [0.15, 0.2) is 5.03 Å². The Morgan fingerprint density at radius 2 is 1.89 bits per heavy atom. The van der Waals surface area contributed by atoms with Crippen LogP contribution in [0.15, 0.2) is 64.4 Å². The van der Waals surface area contributed by atoms with Crippen LogP contribution in [0.2, 0.25) is 0 Å². The van der Waals surface area contributed by atoms with E-state index in [-0.39, 0.29) is 22.2 Å². The molecule has 36 heavy (non-hydrogen) atoms. The van der Waals surface area contributed by atoms with Crippen molar-refractivity contribution in [2.45, 2.75) is 49.7 Å². The predicted octanol–water partition coefficient (Wildman–Crippen LogP) is 4.30. The molecule has 0 radical (unpaired) electrons. The monoisotopic (exact) mass is 570 g/mol. The van der Waals surface area contributed by atoms with Gasteiger partial charge in [-0.05, 0) is 91.4 Å². The first-order valence-corrected chi connectivity index (χ1v) is 14.1. The summed E-state index contributed by atoms with van der Waals surface area (Å²) in [6, 6.07) is 13.5. The van der Waals surface area contributed by atoms with Crippen LogP contribution in [-0.2, 0) is 10.0 Å². The minimum atomic E-state index is -4.23. The number of halogens is 1. The summed E-state index contributed by atoms with van der Waals surface area (Å²) in [5, 5.41) is 3.13. The van der Waals surface area contributed by atoms with Gasteiger partial charge in [-0.3, -0.25) is 9.78 Å². The van der Waals surface area contributed by atoms with Crippen LogP contribution in [0.25, 0.3) is 0 Å². The molecular weight excluding hydrogens is 544 g/mol. The molecular formula is C25H27BrN6O3S. The molecule has 0 saturated carbocycles. The Balaban J connectivity index is 1.61. The maximum Gasteiger partial charge on any atom is 0.281 e. The third-order valence-electron chi connectivity index (χ3n) is 6.76. The van der Waals surface area contributed by atoms with Gasteiger partial charge in [-0.1, -0.05) is 12.1 Å². The minimum Gasteiger partial charge on any atom is -0.362 e. The molecule has 11 heteroatoms. The number of sulfonamides is 1. The lowest BCUT2D eigenvalue weighted by molar-refractivity contribution is 0.0981. The number of pyridine rings is 3. The van der Waals surface area contributed by atoms with Crippen molar-refractivity contribution in [3.8, 4) is 0 Å². The summed E-state index contributed by atoms with van der Waals surface area (Å²) in [5.74, 6) is 0.458. The highest BCUT2D eigenvalue weighted by Crippen LogP contribution is 2.40. The molecule has 4 bridgehead atoms. The number of amides is 1. The topological polar surface area (TPSA) is 117 Å². The second-order valence-electron chi connectivity index (χ2n) is 9.82. The van der Waals surface area contributed by atoms with Gasteiger partial charge in [0.1, 0.15) is 16.2 Å². The Morgan fingerprint density at radius 1 is 1.06 bits per heavy atom. The molecule has 0 aromatic carbocycles. The van der Waals surface area contributed by atoms with Gasteiger partial charge in [-0.2, -0.15) is 8.42 Å². The fourth-order valence-electron chi connectivity index (χ4n) is 5.09. The first-order valence-electron chi connectivity index (χ1n) is 11.8. The third kappa shape index (κ3) is 4.94. The maximum absolute atomic E-state index is 13.3. The molecule has 2 aliphatic heterocycles. The van der Waals surface area contributed by atoms with E-state index in [1.807, 2.05) is 18.2 Å². The summed E-state index contributed by atoms with van der Waals surface area (Å²) in [7, 11) is -4.23. The van der Waals surface area contributed by atoms with Crippen LogP contribution >= 0.6 is 15.9 Å². The van der Waals surface area contributed by atoms with E-state index in [0.717, 1.165) is 25.0 Å². The number of carbonyl (C=O) groups excluding carboxylic acids is 1. The van der Waals surface area contributed by atoms with Gasteiger partial charge < -0.3 is 10.2 Å². The van der Waals surface area contributed by atoms with E-state index in [1.54, 1.807) is 30.5 Å². The zero-order valence-corrected chi connectivity index (χ0v) is 22.4. The molecule has 2 aliphatic rings. The van der Waals surface area contributed by atoms with E-state index in [4.69, 9.17) is 0 Å². The number of carbonyl (C=O) groups is 1. The van der Waals surface area contributed by atoms with Crippen molar-refractivity contribution in [1.82, 2.24) is 19.7 Å². The van der Waals surface area contributed by atoms with Crippen LogP contribution in [0.1, 0.15) is 55.2 Å². The highest BCUT2D eigenvalue weighted by Gasteiger charge is 2.41. The van der Waals surface area contributed by atoms with E-state index in [1.165, 1.54) is 6.07 Å². The number of hydrogen-bond acceptors (Lipinski definition) is 8. The Kier molecular flexibility index (Phi) is 6.46. The normalized spacial score (nSPS) is 23.0. The van der Waals surface area contributed by atoms with Crippen LogP contribution in [0.3, 0.4) is 0 Å². The van der Waals surface area contributed by atoms with Crippen molar-refractivity contribution in [2.75, 3.05) is 16.8 Å². The summed E-state index contributed by atoms with van der Waals surface area (Å²) >= 11 is 3.41. The molecule has 2 atom stereocenters. The van der Waals surface area contributed by atoms with Crippen LogP contribution in [0.5, 0.6) is 0 Å². The number of nitrogens with zero attached hydrogens (tertiary/aromatic N) is 4. The molecule has 188 valence electrons. The smallest absolute Gasteiger partial charge is 0.281 e. The zero-order valence-electron chi connectivity index (χ0n) is 20.0. The number of anilines is 2. The highest BCUT2D eigenvalue weighted by molar-refractivity contribution is 9.10. The molecule has 0 aliphatic carbocycles. The van der Waals surface area contributed by atoms with Gasteiger partial charge in [0.05, 0.1) is 17.3 Å². The number of rotatable bonds is 1. The van der Waals surface area contributed by atoms with Gasteiger partial charge in [-0.25, -0.2) is 14.7 Å². The average Bonchev–Trinajstić information content (AvgIpc) is 3.15. The largest absolute Gasteiger partial charge is 0.362 e. The van der Waals surface area contributed by atoms with E-state index in [9.17, 15) is 13.2 Å². The Bertz CT molecular complexity index is 1400. The lowest BCUT2D eigenvalue weighted by Gasteiger charge is -2.33. The SMILES string of the molecule is CC1(C)C[C@@H]2CCC(c3ccccn3)Nc3cccc(n3)S(=O)(=O)NC(=O)c3ccc(Br)nc3N1C2. The van der Waals surface area contributed by atoms with Crippen LogP contribution in [0.4, 0.5) is 11.6 Å². The van der Waals surface area contributed by atoms with Gasteiger partial charge in [0.25, 0.3) is 15.9 Å². The minimum absolute atomic E-state index is 0.159. The second-order valence-corrected chi connectivity index (χ2v) is 12.3. The van der Waals surface area contributed by atoms with Crippen LogP contribution in [0, 0.1) is 5.92 Å². The third-order valence-corrected chi connectivity index (χ3v) is 8.43. The maximum atomic E-state index is 13.3. The molecule has 1 amide bonds. The first-order chi connectivity index (χ1) is 17.1. The lowest BCUT2D eigenvalue weighted by atomic mass is 9.91. The van der Waals surface area contributed by atoms with Crippen LogP contribution in [-0.4, -0.2) is 41.4 Å². The molecule has 1 fully saturated rings. The molecule has 5 heterocycles. The standard InChI is InChI=1S/C25H27BrN6O3S/c1-25(2)14-16-9-11-19(18-6-3-4-13-27-18)28-21-7-5-8-22(30-21)36(34,35)31-24(33)17-10-12-20(26)29-23(17)32(25)15-16/h3-8,10,12-13,16,19H,9,11,14-15H2,1-2H3,(H,28,30)(H,31,33)/t16-,19?/m0/s1. The second kappa shape index (κ2) is 9.44. The van der Waals surface area contributed by atoms with E-state index >= 15 is 0 Å². The van der Waals surface area contributed by atoms with Crippen molar-refractivity contribution >= 4 is 43.5 Å². The molecule has 1 unspecified atom stereocenters. The van der Waals surface area contributed by atoms with Crippen molar-refractivity contribution in [3.05, 3.63) is 70.6 Å². The quantitative estimate of drug-likeness (QED) is 0.416. The van der Waals surface area contributed by atoms with Gasteiger partial charge in [0.2, 0.25) is 0 Å². The van der Waals surface area contributed by atoms with E-state index in [2.05, 4.69) is 59.7 Å². The molecule has 5 rings (SSSR count). The average molecular weight is 572 g/mol. The van der Waals surface area contributed by atoms with E-state index < -0.39 is 15.9 Å². The number of fused-ring (bicyclic) bond motifs is 6. The van der Waals surface area contributed by atoms with Gasteiger partial charge >= 0.3 is 0 Å². The van der Waals surface area contributed by atoms with E-state index in [0.29, 0.717) is 28.7 Å². The number of aromatic nitrogens is 3. The van der Waals surface area contributed by atoms with Crippen molar-refractivity contribution < 1.29 is 13.2 Å². The van der Waals surface area contributed by atoms with Crippen LogP contribution < -0.4 is 14.9 Å². The predicted molar refractivity (Wildman–Crippen MR) is 140 cm³/mol. The summed E-state index contributed by atoms with van der Waals surface area (Å²) in [4.78, 5) is 28.8. The fraction of sp³-hybridized carbons (Fsp3) is 0.360. The molecule has 0 spiro atoms. The lowest BCUT2D eigenvalue weighted by Crippen LogP contribution is -2.41. The summed E-state index contributed by atoms with van der Waals surface area (Å²) in [6.45, 7) is 4.95. The summed E-state index contributed by atoms with van der Waals surface area (Å²) in [5.41, 5.74) is 0.782. The zero-order chi connectivity index (χ0) is 25.5. The Morgan fingerprint density at radius 3 is 2.67 bits per heavy atom. The fourth-order valence-corrected chi connectivity index (χ4v) is 6.33. The molecule has 3 aromatic rings. The molecule has 1 saturated heterocycles. The first kappa shape index (κ1) is 24.6. The molecule has 9 nitrogen and oxygen atoms in total. The summed E-state index contributed by atoms with van der Waals surface area (Å²) < 4.78 is 29.1. The van der Waals surface area contributed by atoms with Crippen molar-refractivity contribution in [2.24, 2.45) is 5.92 Å². The molecule has 2 N–H and O–H groups in total. The Labute approximate surface area is 218 Å². The summed E-state index contributed by atoms with van der Waals surface area (Å²) in [6.07, 6.45) is 4.34. The van der Waals surface area contributed by atoms with Crippen molar-refractivity contribution in [3.63, 3.8) is 0 Å². The highest BCUT2D eigenvalue weighted by atomic mass is 79.9.